The third kappa shape index (κ3) is 2.94. The molecule has 1 aromatic carbocycles. The summed E-state index contributed by atoms with van der Waals surface area (Å²) < 4.78 is 12.0. The first-order valence-electron chi connectivity index (χ1n) is 8.81. The van der Waals surface area contributed by atoms with E-state index in [-0.39, 0.29) is 18.3 Å². The van der Waals surface area contributed by atoms with Crippen LogP contribution in [-0.2, 0) is 4.74 Å². The lowest BCUT2D eigenvalue weighted by atomic mass is 9.98. The molecule has 6 heteroatoms. The lowest BCUT2D eigenvalue weighted by molar-refractivity contribution is -0.105. The van der Waals surface area contributed by atoms with E-state index in [1.165, 1.54) is 0 Å². The minimum absolute atomic E-state index is 0. The molecule has 5 nitrogen and oxygen atoms in total. The molecular formula is C19H25ClN2O3. The second kappa shape index (κ2) is 6.98. The van der Waals surface area contributed by atoms with E-state index in [1.54, 1.807) is 0 Å². The van der Waals surface area contributed by atoms with Gasteiger partial charge >= 0.3 is 0 Å². The first-order valence-corrected chi connectivity index (χ1v) is 8.81. The van der Waals surface area contributed by atoms with Gasteiger partial charge in [0.05, 0.1) is 6.61 Å². The molecule has 2 aliphatic heterocycles. The number of para-hydroxylation sites is 1. The van der Waals surface area contributed by atoms with Crippen LogP contribution in [0.25, 0.3) is 11.0 Å². The van der Waals surface area contributed by atoms with Crippen molar-refractivity contribution in [3.8, 4) is 0 Å². The van der Waals surface area contributed by atoms with Gasteiger partial charge in [0.1, 0.15) is 11.3 Å². The Morgan fingerprint density at radius 1 is 1.20 bits per heavy atom. The average Bonchev–Trinajstić information content (AvgIpc) is 3.17. The molecule has 4 rings (SSSR count). The molecule has 25 heavy (non-hydrogen) atoms. The van der Waals surface area contributed by atoms with E-state index >= 15 is 0 Å². The summed E-state index contributed by atoms with van der Waals surface area (Å²) >= 11 is 0. The molecule has 0 radical (unpaired) electrons. The first-order chi connectivity index (χ1) is 11.6. The van der Waals surface area contributed by atoms with E-state index in [2.05, 4.69) is 11.8 Å². The molecule has 2 aliphatic rings. The van der Waals surface area contributed by atoms with Gasteiger partial charge in [-0.25, -0.2) is 0 Å². The highest BCUT2D eigenvalue weighted by Crippen LogP contribution is 2.36. The lowest BCUT2D eigenvalue weighted by Gasteiger charge is -2.43. The van der Waals surface area contributed by atoms with Gasteiger partial charge in [0.15, 0.2) is 5.76 Å². The molecule has 1 aromatic heterocycles. The zero-order valence-electron chi connectivity index (χ0n) is 14.8. The van der Waals surface area contributed by atoms with Crippen LogP contribution in [0.3, 0.4) is 0 Å². The van der Waals surface area contributed by atoms with Gasteiger partial charge in [-0.1, -0.05) is 25.1 Å². The molecule has 0 unspecified atom stereocenters. The van der Waals surface area contributed by atoms with Gasteiger partial charge in [-0.05, 0) is 19.5 Å². The van der Waals surface area contributed by atoms with Crippen LogP contribution in [0.15, 0.2) is 28.7 Å². The Kier molecular flexibility index (Phi) is 5.09. The Morgan fingerprint density at radius 2 is 1.92 bits per heavy atom. The summed E-state index contributed by atoms with van der Waals surface area (Å²) in [4.78, 5) is 17.5. The first kappa shape index (κ1) is 18.2. The maximum atomic E-state index is 13.2. The maximum Gasteiger partial charge on any atom is 0.292 e. The minimum Gasteiger partial charge on any atom is -0.451 e. The van der Waals surface area contributed by atoms with Gasteiger partial charge in [0.2, 0.25) is 0 Å². The highest BCUT2D eigenvalue weighted by atomic mass is 35.5. The van der Waals surface area contributed by atoms with E-state index in [9.17, 15) is 4.79 Å². The molecule has 136 valence electrons. The molecular weight excluding hydrogens is 340 g/mol. The summed E-state index contributed by atoms with van der Waals surface area (Å²) in [6.45, 7) is 8.38. The Balaban J connectivity index is 0.00000182. The van der Waals surface area contributed by atoms with Crippen LogP contribution in [0.1, 0.15) is 35.9 Å². The molecule has 0 bridgehead atoms. The topological polar surface area (TPSA) is 45.9 Å². The largest absolute Gasteiger partial charge is 0.451 e. The van der Waals surface area contributed by atoms with Crippen molar-refractivity contribution >= 4 is 29.3 Å². The summed E-state index contributed by atoms with van der Waals surface area (Å²) in [6.07, 6.45) is 1.73. The van der Waals surface area contributed by atoms with Gasteiger partial charge in [-0.15, -0.1) is 12.4 Å². The number of carbonyl (C=O) groups is 1. The van der Waals surface area contributed by atoms with Crippen molar-refractivity contribution in [3.63, 3.8) is 0 Å². The van der Waals surface area contributed by atoms with Crippen LogP contribution in [-0.4, -0.2) is 54.2 Å². The second-order valence-corrected chi connectivity index (χ2v) is 6.74. The Hall–Kier alpha value is -1.56. The second-order valence-electron chi connectivity index (χ2n) is 6.74. The van der Waals surface area contributed by atoms with Crippen molar-refractivity contribution < 1.29 is 13.9 Å². The van der Waals surface area contributed by atoms with Crippen LogP contribution >= 0.6 is 12.4 Å². The fourth-order valence-electron chi connectivity index (χ4n) is 4.03. The summed E-state index contributed by atoms with van der Waals surface area (Å²) in [5.41, 5.74) is 1.24. The number of benzene rings is 1. The third-order valence-corrected chi connectivity index (χ3v) is 5.55. The fraction of sp³-hybridized carbons (Fsp3) is 0.526. The smallest absolute Gasteiger partial charge is 0.292 e. The van der Waals surface area contributed by atoms with Crippen LogP contribution in [0.5, 0.6) is 0 Å². The zero-order chi connectivity index (χ0) is 16.7. The Bertz CT molecular complexity index is 765. The van der Waals surface area contributed by atoms with E-state index in [0.29, 0.717) is 18.9 Å². The number of furan rings is 1. The molecule has 1 spiro atoms. The van der Waals surface area contributed by atoms with Gasteiger partial charge in [-0.3, -0.25) is 4.79 Å². The predicted octanol–water partition coefficient (Wildman–Crippen LogP) is 3.45. The highest BCUT2D eigenvalue weighted by molar-refractivity contribution is 5.99. The third-order valence-electron chi connectivity index (χ3n) is 5.55. The van der Waals surface area contributed by atoms with E-state index in [1.807, 2.05) is 36.1 Å². The molecule has 1 amide bonds. The van der Waals surface area contributed by atoms with Crippen LogP contribution in [0.2, 0.25) is 0 Å². The number of fused-ring (bicyclic) bond motifs is 1. The summed E-state index contributed by atoms with van der Waals surface area (Å²) in [5.74, 6) is 0.421. The highest BCUT2D eigenvalue weighted by Gasteiger charge is 2.47. The van der Waals surface area contributed by atoms with Crippen LogP contribution in [0, 0.1) is 6.92 Å². The van der Waals surface area contributed by atoms with Crippen molar-refractivity contribution in [2.75, 3.05) is 32.8 Å². The quantitative estimate of drug-likeness (QED) is 0.818. The van der Waals surface area contributed by atoms with Crippen LogP contribution < -0.4 is 0 Å². The number of hydrogen-bond donors (Lipinski definition) is 0. The number of halogens is 1. The molecule has 3 heterocycles. The SMILES string of the molecule is CCN1CCC2(CC1)OCCN2C(=O)c1oc2ccccc2c1C.Cl. The summed E-state index contributed by atoms with van der Waals surface area (Å²) in [6, 6.07) is 7.82. The van der Waals surface area contributed by atoms with Gasteiger partial charge in [-0.2, -0.15) is 0 Å². The van der Waals surface area contributed by atoms with Crippen molar-refractivity contribution in [2.45, 2.75) is 32.4 Å². The molecule has 0 aliphatic carbocycles. The number of nitrogens with zero attached hydrogens (tertiary/aromatic N) is 2. The number of likely N-dealkylation sites (tertiary alicyclic amines) is 1. The minimum atomic E-state index is -0.450. The Morgan fingerprint density at radius 3 is 2.60 bits per heavy atom. The van der Waals surface area contributed by atoms with Gasteiger partial charge in [0, 0.05) is 43.4 Å². The monoisotopic (exact) mass is 364 g/mol. The van der Waals surface area contributed by atoms with Gasteiger partial charge < -0.3 is 19.0 Å². The molecule has 2 aromatic rings. The predicted molar refractivity (Wildman–Crippen MR) is 99.3 cm³/mol. The summed E-state index contributed by atoms with van der Waals surface area (Å²) in [7, 11) is 0. The molecule has 0 saturated carbocycles. The van der Waals surface area contributed by atoms with E-state index in [0.717, 1.165) is 49.0 Å². The zero-order valence-corrected chi connectivity index (χ0v) is 15.6. The van der Waals surface area contributed by atoms with E-state index in [4.69, 9.17) is 9.15 Å². The lowest BCUT2D eigenvalue weighted by Crippen LogP contribution is -2.54. The molecule has 0 N–H and O–H groups in total. The fourth-order valence-corrected chi connectivity index (χ4v) is 4.03. The average molecular weight is 365 g/mol. The number of rotatable bonds is 2. The number of amides is 1. The van der Waals surface area contributed by atoms with Crippen LogP contribution in [0.4, 0.5) is 0 Å². The number of carbonyl (C=O) groups excluding carboxylic acids is 1. The van der Waals surface area contributed by atoms with E-state index < -0.39 is 5.72 Å². The number of hydrogen-bond acceptors (Lipinski definition) is 4. The van der Waals surface area contributed by atoms with Crippen molar-refractivity contribution in [2.24, 2.45) is 0 Å². The number of piperidine rings is 1. The number of aryl methyl sites for hydroxylation is 1. The standard InChI is InChI=1S/C19H24N2O3.ClH/c1-3-20-10-8-19(9-11-20)21(12-13-23-19)18(22)17-14(2)15-6-4-5-7-16(15)24-17;/h4-7H,3,8-13H2,1-2H3;1H. The normalized spacial score (nSPS) is 20.2. The van der Waals surface area contributed by atoms with Gasteiger partial charge in [0.25, 0.3) is 5.91 Å². The van der Waals surface area contributed by atoms with Crippen molar-refractivity contribution in [1.29, 1.82) is 0 Å². The summed E-state index contributed by atoms with van der Waals surface area (Å²) in [5, 5.41) is 1.01. The Labute approximate surface area is 154 Å². The molecule has 0 atom stereocenters. The maximum absolute atomic E-state index is 13.2. The van der Waals surface area contributed by atoms with Crippen molar-refractivity contribution in [1.82, 2.24) is 9.80 Å². The molecule has 2 saturated heterocycles. The number of ether oxygens (including phenoxy) is 1. The van der Waals surface area contributed by atoms with Crippen molar-refractivity contribution in [3.05, 3.63) is 35.6 Å². The molecule has 2 fully saturated rings.